The average molecular weight is 272 g/mol. The molecular formula is C15H16N2O3. The standard InChI is InChI=1S/C15H16N2O3/c1-19-12-6-7-13(16)14(8-12)20-9-10-2-4-11(5-3-10)15(17)18/h2-8H,9,16H2,1H3,(H2,17,18). The Hall–Kier alpha value is -2.69. The van der Waals surface area contributed by atoms with E-state index in [1.54, 1.807) is 49.6 Å². The lowest BCUT2D eigenvalue weighted by Gasteiger charge is -2.10. The third-order valence-corrected chi connectivity index (χ3v) is 2.85. The van der Waals surface area contributed by atoms with Crippen molar-refractivity contribution < 1.29 is 14.3 Å². The lowest BCUT2D eigenvalue weighted by atomic mass is 10.1. The van der Waals surface area contributed by atoms with E-state index in [1.165, 1.54) is 0 Å². The Morgan fingerprint density at radius 3 is 2.45 bits per heavy atom. The second-order valence-electron chi connectivity index (χ2n) is 4.25. The molecule has 0 aromatic heterocycles. The highest BCUT2D eigenvalue weighted by atomic mass is 16.5. The molecule has 0 radical (unpaired) electrons. The molecule has 5 nitrogen and oxygen atoms in total. The van der Waals surface area contributed by atoms with Crippen molar-refractivity contribution in [2.75, 3.05) is 12.8 Å². The van der Waals surface area contributed by atoms with Crippen molar-refractivity contribution in [2.45, 2.75) is 6.61 Å². The molecule has 0 aliphatic heterocycles. The first-order chi connectivity index (χ1) is 9.60. The number of primary amides is 1. The van der Waals surface area contributed by atoms with Gasteiger partial charge in [-0.05, 0) is 29.8 Å². The molecule has 2 aromatic carbocycles. The van der Waals surface area contributed by atoms with Gasteiger partial charge in [-0.15, -0.1) is 0 Å². The second kappa shape index (κ2) is 5.97. The summed E-state index contributed by atoms with van der Waals surface area (Å²) in [6.07, 6.45) is 0. The Morgan fingerprint density at radius 2 is 1.85 bits per heavy atom. The molecule has 1 amide bonds. The fourth-order valence-electron chi connectivity index (χ4n) is 1.69. The van der Waals surface area contributed by atoms with Crippen molar-refractivity contribution in [1.82, 2.24) is 0 Å². The van der Waals surface area contributed by atoms with Crippen molar-refractivity contribution in [3.05, 3.63) is 53.6 Å². The van der Waals surface area contributed by atoms with Gasteiger partial charge in [0.2, 0.25) is 5.91 Å². The molecule has 0 spiro atoms. The minimum atomic E-state index is -0.450. The van der Waals surface area contributed by atoms with Gasteiger partial charge in [-0.3, -0.25) is 4.79 Å². The monoisotopic (exact) mass is 272 g/mol. The number of carbonyl (C=O) groups is 1. The molecule has 0 fully saturated rings. The molecule has 0 unspecified atom stereocenters. The second-order valence-corrected chi connectivity index (χ2v) is 4.25. The maximum Gasteiger partial charge on any atom is 0.248 e. The van der Waals surface area contributed by atoms with Crippen LogP contribution < -0.4 is 20.9 Å². The Balaban J connectivity index is 2.06. The summed E-state index contributed by atoms with van der Waals surface area (Å²) in [6.45, 7) is 0.344. The smallest absolute Gasteiger partial charge is 0.248 e. The molecule has 2 rings (SSSR count). The van der Waals surface area contributed by atoms with E-state index in [4.69, 9.17) is 20.9 Å². The summed E-state index contributed by atoms with van der Waals surface area (Å²) < 4.78 is 10.8. The Kier molecular flexibility index (Phi) is 4.10. The molecule has 2 aromatic rings. The molecule has 0 bridgehead atoms. The van der Waals surface area contributed by atoms with Crippen LogP contribution in [0.1, 0.15) is 15.9 Å². The van der Waals surface area contributed by atoms with Gasteiger partial charge in [-0.25, -0.2) is 0 Å². The van der Waals surface area contributed by atoms with E-state index in [9.17, 15) is 4.79 Å². The van der Waals surface area contributed by atoms with Crippen LogP contribution in [0, 0.1) is 0 Å². The number of methoxy groups -OCH3 is 1. The van der Waals surface area contributed by atoms with E-state index in [1.807, 2.05) is 0 Å². The molecule has 4 N–H and O–H groups in total. The number of carbonyl (C=O) groups excluding carboxylic acids is 1. The van der Waals surface area contributed by atoms with E-state index in [-0.39, 0.29) is 0 Å². The van der Waals surface area contributed by atoms with Crippen LogP contribution in [0.3, 0.4) is 0 Å². The van der Waals surface area contributed by atoms with Gasteiger partial charge >= 0.3 is 0 Å². The van der Waals surface area contributed by atoms with Gasteiger partial charge in [0, 0.05) is 11.6 Å². The predicted molar refractivity (Wildman–Crippen MR) is 76.7 cm³/mol. The van der Waals surface area contributed by atoms with Gasteiger partial charge in [-0.2, -0.15) is 0 Å². The van der Waals surface area contributed by atoms with Crippen LogP contribution in [0.15, 0.2) is 42.5 Å². The minimum Gasteiger partial charge on any atom is -0.497 e. The van der Waals surface area contributed by atoms with Crippen LogP contribution in [0.5, 0.6) is 11.5 Å². The van der Waals surface area contributed by atoms with Crippen molar-refractivity contribution in [2.24, 2.45) is 5.73 Å². The van der Waals surface area contributed by atoms with E-state index >= 15 is 0 Å². The number of anilines is 1. The number of benzene rings is 2. The Labute approximate surface area is 117 Å². The number of nitrogens with two attached hydrogens (primary N) is 2. The lowest BCUT2D eigenvalue weighted by Crippen LogP contribution is -2.10. The zero-order valence-corrected chi connectivity index (χ0v) is 11.1. The first kappa shape index (κ1) is 13.7. The maximum absolute atomic E-state index is 11.0. The number of ether oxygens (including phenoxy) is 2. The van der Waals surface area contributed by atoms with Crippen LogP contribution in [-0.2, 0) is 6.61 Å². The SMILES string of the molecule is COc1ccc(N)c(OCc2ccc(C(N)=O)cc2)c1. The molecular weight excluding hydrogens is 256 g/mol. The molecule has 0 atom stereocenters. The van der Waals surface area contributed by atoms with Crippen molar-refractivity contribution >= 4 is 11.6 Å². The van der Waals surface area contributed by atoms with Crippen molar-refractivity contribution in [3.63, 3.8) is 0 Å². The molecule has 0 saturated heterocycles. The third kappa shape index (κ3) is 3.20. The van der Waals surface area contributed by atoms with E-state index in [2.05, 4.69) is 0 Å². The number of hydrogen-bond acceptors (Lipinski definition) is 4. The first-order valence-corrected chi connectivity index (χ1v) is 6.05. The van der Waals surface area contributed by atoms with Gasteiger partial charge in [0.15, 0.2) is 0 Å². The summed E-state index contributed by atoms with van der Waals surface area (Å²) in [6, 6.07) is 12.1. The van der Waals surface area contributed by atoms with Gasteiger partial charge in [0.1, 0.15) is 18.1 Å². The maximum atomic E-state index is 11.0. The highest BCUT2D eigenvalue weighted by Crippen LogP contribution is 2.27. The molecule has 104 valence electrons. The van der Waals surface area contributed by atoms with Crippen LogP contribution in [-0.4, -0.2) is 13.0 Å². The topological polar surface area (TPSA) is 87.6 Å². The Morgan fingerprint density at radius 1 is 1.15 bits per heavy atom. The number of nitrogen functional groups attached to an aromatic ring is 1. The zero-order chi connectivity index (χ0) is 14.5. The normalized spacial score (nSPS) is 10.1. The van der Waals surface area contributed by atoms with Crippen molar-refractivity contribution in [1.29, 1.82) is 0 Å². The van der Waals surface area contributed by atoms with Crippen molar-refractivity contribution in [3.8, 4) is 11.5 Å². The molecule has 5 heteroatoms. The number of hydrogen-bond donors (Lipinski definition) is 2. The summed E-state index contributed by atoms with van der Waals surface area (Å²) in [5.41, 5.74) is 12.9. The minimum absolute atomic E-state index is 0.344. The average Bonchev–Trinajstić information content (AvgIpc) is 2.47. The van der Waals surface area contributed by atoms with Crippen LogP contribution in [0.25, 0.3) is 0 Å². The molecule has 0 aliphatic rings. The molecule has 0 heterocycles. The van der Waals surface area contributed by atoms with E-state index < -0.39 is 5.91 Å². The summed E-state index contributed by atoms with van der Waals surface area (Å²) in [4.78, 5) is 11.0. The van der Waals surface area contributed by atoms with Gasteiger partial charge in [-0.1, -0.05) is 12.1 Å². The first-order valence-electron chi connectivity index (χ1n) is 6.05. The molecule has 20 heavy (non-hydrogen) atoms. The zero-order valence-electron chi connectivity index (χ0n) is 11.1. The highest BCUT2D eigenvalue weighted by Gasteiger charge is 2.04. The largest absolute Gasteiger partial charge is 0.497 e. The molecule has 0 saturated carbocycles. The van der Waals surface area contributed by atoms with Crippen LogP contribution in [0.4, 0.5) is 5.69 Å². The summed E-state index contributed by atoms with van der Waals surface area (Å²) in [5, 5.41) is 0. The molecule has 0 aliphatic carbocycles. The Bertz CT molecular complexity index is 609. The lowest BCUT2D eigenvalue weighted by molar-refractivity contribution is 0.1000. The van der Waals surface area contributed by atoms with Gasteiger partial charge in [0.25, 0.3) is 0 Å². The van der Waals surface area contributed by atoms with Gasteiger partial charge in [0.05, 0.1) is 12.8 Å². The fourth-order valence-corrected chi connectivity index (χ4v) is 1.69. The summed E-state index contributed by atoms with van der Waals surface area (Å²) in [7, 11) is 1.58. The van der Waals surface area contributed by atoms with E-state index in [0.29, 0.717) is 29.4 Å². The predicted octanol–water partition coefficient (Wildman–Crippen LogP) is 1.96. The quantitative estimate of drug-likeness (QED) is 0.814. The van der Waals surface area contributed by atoms with Crippen LogP contribution in [0.2, 0.25) is 0 Å². The summed E-state index contributed by atoms with van der Waals surface area (Å²) >= 11 is 0. The highest BCUT2D eigenvalue weighted by molar-refractivity contribution is 5.92. The summed E-state index contributed by atoms with van der Waals surface area (Å²) in [5.74, 6) is 0.788. The fraction of sp³-hybridized carbons (Fsp3) is 0.133. The third-order valence-electron chi connectivity index (χ3n) is 2.85. The number of amides is 1. The van der Waals surface area contributed by atoms with E-state index in [0.717, 1.165) is 5.56 Å². The van der Waals surface area contributed by atoms with Gasteiger partial charge < -0.3 is 20.9 Å². The van der Waals surface area contributed by atoms with Crippen LogP contribution >= 0.6 is 0 Å². The number of rotatable bonds is 5.